The summed E-state index contributed by atoms with van der Waals surface area (Å²) in [4.78, 5) is 0. The summed E-state index contributed by atoms with van der Waals surface area (Å²) < 4.78 is 33.1. The summed E-state index contributed by atoms with van der Waals surface area (Å²) in [6, 6.07) is 3.28. The van der Waals surface area contributed by atoms with Gasteiger partial charge < -0.3 is 10.1 Å². The molecule has 0 aliphatic heterocycles. The predicted molar refractivity (Wildman–Crippen MR) is 75.5 cm³/mol. The average molecular weight is 283 g/mol. The number of ether oxygens (including phenoxy) is 1. The minimum atomic E-state index is -0.417. The molecule has 0 amide bonds. The number of benzene rings is 1. The van der Waals surface area contributed by atoms with Crippen molar-refractivity contribution in [1.82, 2.24) is 5.32 Å². The molecule has 2 unspecified atom stereocenters. The van der Waals surface area contributed by atoms with Crippen molar-refractivity contribution in [2.75, 3.05) is 14.2 Å². The van der Waals surface area contributed by atoms with Crippen LogP contribution in [0.25, 0.3) is 0 Å². The normalized spacial score (nSPS) is 19.8. The van der Waals surface area contributed by atoms with Gasteiger partial charge in [-0.2, -0.15) is 0 Å². The SMILES string of the molecule is CNC(c1cc(F)ccc1F)C(OC)C1CCCCC1. The van der Waals surface area contributed by atoms with Crippen LogP contribution < -0.4 is 5.32 Å². The van der Waals surface area contributed by atoms with E-state index >= 15 is 0 Å². The maximum atomic E-state index is 14.0. The Morgan fingerprint density at radius 2 is 1.90 bits per heavy atom. The smallest absolute Gasteiger partial charge is 0.128 e. The maximum Gasteiger partial charge on any atom is 0.128 e. The van der Waals surface area contributed by atoms with Crippen LogP contribution in [0.1, 0.15) is 43.7 Å². The van der Waals surface area contributed by atoms with Gasteiger partial charge in [0.2, 0.25) is 0 Å². The van der Waals surface area contributed by atoms with Crippen molar-refractivity contribution in [2.45, 2.75) is 44.2 Å². The van der Waals surface area contributed by atoms with E-state index in [-0.39, 0.29) is 18.0 Å². The summed E-state index contributed by atoms with van der Waals surface area (Å²) in [6.07, 6.45) is 5.68. The number of halogens is 2. The number of hydrogen-bond donors (Lipinski definition) is 1. The van der Waals surface area contributed by atoms with E-state index in [2.05, 4.69) is 5.32 Å². The van der Waals surface area contributed by atoms with Gasteiger partial charge in [-0.3, -0.25) is 0 Å². The molecule has 2 nitrogen and oxygen atoms in total. The first-order valence-corrected chi connectivity index (χ1v) is 7.32. The molecule has 2 rings (SSSR count). The number of rotatable bonds is 5. The Labute approximate surface area is 119 Å². The van der Waals surface area contributed by atoms with Crippen LogP contribution in [0.2, 0.25) is 0 Å². The molecule has 1 aromatic rings. The van der Waals surface area contributed by atoms with Crippen LogP contribution in [-0.4, -0.2) is 20.3 Å². The van der Waals surface area contributed by atoms with Crippen molar-refractivity contribution in [2.24, 2.45) is 5.92 Å². The van der Waals surface area contributed by atoms with E-state index in [0.717, 1.165) is 18.9 Å². The van der Waals surface area contributed by atoms with Crippen LogP contribution in [-0.2, 0) is 4.74 Å². The lowest BCUT2D eigenvalue weighted by atomic mass is 9.81. The summed E-state index contributed by atoms with van der Waals surface area (Å²) in [5, 5.41) is 3.10. The minimum Gasteiger partial charge on any atom is -0.379 e. The van der Waals surface area contributed by atoms with Gasteiger partial charge in [0.25, 0.3) is 0 Å². The van der Waals surface area contributed by atoms with E-state index in [9.17, 15) is 8.78 Å². The van der Waals surface area contributed by atoms with Gasteiger partial charge >= 0.3 is 0 Å². The lowest BCUT2D eigenvalue weighted by molar-refractivity contribution is 0.00851. The van der Waals surface area contributed by atoms with Crippen LogP contribution in [0.4, 0.5) is 8.78 Å². The van der Waals surface area contributed by atoms with Crippen molar-refractivity contribution in [3.63, 3.8) is 0 Å². The molecule has 112 valence electrons. The van der Waals surface area contributed by atoms with Crippen molar-refractivity contribution < 1.29 is 13.5 Å². The summed E-state index contributed by atoms with van der Waals surface area (Å²) in [5.41, 5.74) is 0.352. The summed E-state index contributed by atoms with van der Waals surface area (Å²) in [6.45, 7) is 0. The molecular weight excluding hydrogens is 260 g/mol. The Balaban J connectivity index is 2.26. The zero-order chi connectivity index (χ0) is 14.5. The highest BCUT2D eigenvalue weighted by Crippen LogP contribution is 2.34. The fourth-order valence-electron chi connectivity index (χ4n) is 3.31. The van der Waals surface area contributed by atoms with Gasteiger partial charge in [0, 0.05) is 12.7 Å². The molecule has 0 aromatic heterocycles. The van der Waals surface area contributed by atoms with Crippen LogP contribution in [0.3, 0.4) is 0 Å². The van der Waals surface area contributed by atoms with Gasteiger partial charge in [0.05, 0.1) is 12.1 Å². The molecule has 0 heterocycles. The van der Waals surface area contributed by atoms with E-state index in [1.54, 1.807) is 14.2 Å². The zero-order valence-corrected chi connectivity index (χ0v) is 12.2. The molecule has 1 aliphatic carbocycles. The highest BCUT2D eigenvalue weighted by molar-refractivity contribution is 5.23. The van der Waals surface area contributed by atoms with Gasteiger partial charge in [-0.1, -0.05) is 19.3 Å². The Morgan fingerprint density at radius 1 is 1.20 bits per heavy atom. The molecule has 1 aromatic carbocycles. The number of likely N-dealkylation sites (N-methyl/N-ethyl adjacent to an activating group) is 1. The van der Waals surface area contributed by atoms with Gasteiger partial charge in [-0.05, 0) is 44.0 Å². The Morgan fingerprint density at radius 3 is 2.50 bits per heavy atom. The second-order valence-electron chi connectivity index (χ2n) is 5.53. The molecule has 0 spiro atoms. The summed E-state index contributed by atoms with van der Waals surface area (Å²) >= 11 is 0. The second kappa shape index (κ2) is 7.14. The molecule has 1 aliphatic rings. The van der Waals surface area contributed by atoms with E-state index < -0.39 is 5.82 Å². The quantitative estimate of drug-likeness (QED) is 0.887. The molecular formula is C16H23F2NO. The van der Waals surface area contributed by atoms with Gasteiger partial charge in [-0.25, -0.2) is 8.78 Å². The third-order valence-corrected chi connectivity index (χ3v) is 4.32. The van der Waals surface area contributed by atoms with Gasteiger partial charge in [-0.15, -0.1) is 0 Å². The third kappa shape index (κ3) is 3.36. The van der Waals surface area contributed by atoms with Crippen LogP contribution in [0.5, 0.6) is 0 Å². The zero-order valence-electron chi connectivity index (χ0n) is 12.2. The molecule has 1 N–H and O–H groups in total. The summed E-state index contributed by atoms with van der Waals surface area (Å²) in [7, 11) is 3.42. The molecule has 4 heteroatoms. The molecule has 0 radical (unpaired) electrons. The van der Waals surface area contributed by atoms with Gasteiger partial charge in [0.1, 0.15) is 11.6 Å². The third-order valence-electron chi connectivity index (χ3n) is 4.32. The Kier molecular flexibility index (Phi) is 5.49. The molecule has 20 heavy (non-hydrogen) atoms. The highest BCUT2D eigenvalue weighted by Gasteiger charge is 2.32. The molecule has 0 saturated heterocycles. The fourth-order valence-corrected chi connectivity index (χ4v) is 3.31. The lowest BCUT2D eigenvalue weighted by Gasteiger charge is -2.35. The predicted octanol–water partition coefficient (Wildman–Crippen LogP) is 3.82. The number of nitrogens with one attached hydrogen (secondary N) is 1. The Hall–Kier alpha value is -1.00. The largest absolute Gasteiger partial charge is 0.379 e. The first-order chi connectivity index (χ1) is 9.67. The van der Waals surface area contributed by atoms with E-state index in [1.807, 2.05) is 0 Å². The van der Waals surface area contributed by atoms with Crippen molar-refractivity contribution in [3.05, 3.63) is 35.4 Å². The van der Waals surface area contributed by atoms with E-state index in [4.69, 9.17) is 4.74 Å². The van der Waals surface area contributed by atoms with Crippen LogP contribution in [0.15, 0.2) is 18.2 Å². The molecule has 1 fully saturated rings. The van der Waals surface area contributed by atoms with E-state index in [1.165, 1.54) is 31.4 Å². The molecule has 1 saturated carbocycles. The van der Waals surface area contributed by atoms with Gasteiger partial charge in [0.15, 0.2) is 0 Å². The molecule has 2 atom stereocenters. The van der Waals surface area contributed by atoms with Crippen molar-refractivity contribution >= 4 is 0 Å². The fraction of sp³-hybridized carbons (Fsp3) is 0.625. The minimum absolute atomic E-state index is 0.128. The average Bonchev–Trinajstić information content (AvgIpc) is 2.48. The highest BCUT2D eigenvalue weighted by atomic mass is 19.1. The summed E-state index contributed by atoms with van der Waals surface area (Å²) in [5.74, 6) is -0.405. The standard InChI is InChI=1S/C16H23F2NO/c1-19-15(13-10-12(17)8-9-14(13)18)16(20-2)11-6-4-3-5-7-11/h8-11,15-16,19H,3-7H2,1-2H3. The first-order valence-electron chi connectivity index (χ1n) is 7.32. The van der Waals surface area contributed by atoms with Crippen LogP contribution >= 0.6 is 0 Å². The first kappa shape index (κ1) is 15.4. The monoisotopic (exact) mass is 283 g/mol. The second-order valence-corrected chi connectivity index (χ2v) is 5.53. The molecule has 0 bridgehead atoms. The van der Waals surface area contributed by atoms with Crippen molar-refractivity contribution in [1.29, 1.82) is 0 Å². The van der Waals surface area contributed by atoms with Crippen molar-refractivity contribution in [3.8, 4) is 0 Å². The Bertz CT molecular complexity index is 432. The maximum absolute atomic E-state index is 14.0. The topological polar surface area (TPSA) is 21.3 Å². The number of hydrogen-bond acceptors (Lipinski definition) is 2. The van der Waals surface area contributed by atoms with Crippen LogP contribution in [0, 0.1) is 17.6 Å². The lowest BCUT2D eigenvalue weighted by Crippen LogP contribution is -2.38. The number of methoxy groups -OCH3 is 1. The van der Waals surface area contributed by atoms with E-state index in [0.29, 0.717) is 11.5 Å².